The molecule has 1 amide bonds. The maximum Gasteiger partial charge on any atom is 0.211 e. The summed E-state index contributed by atoms with van der Waals surface area (Å²) in [7, 11) is 0. The molecule has 0 unspecified atom stereocenters. The molecule has 154 valence electrons. The van der Waals surface area contributed by atoms with E-state index in [1.54, 1.807) is 0 Å². The molecule has 28 heavy (non-hydrogen) atoms. The topological polar surface area (TPSA) is 58.6 Å². The summed E-state index contributed by atoms with van der Waals surface area (Å²) in [4.78, 5) is 11.0. The molecule has 0 spiro atoms. The Balaban J connectivity index is 1.65. The van der Waals surface area contributed by atoms with Gasteiger partial charge >= 0.3 is 0 Å². The fourth-order valence-corrected chi connectivity index (χ4v) is 7.21. The molecule has 2 N–H and O–H groups in total. The van der Waals surface area contributed by atoms with Crippen LogP contribution in [0.2, 0.25) is 0 Å². The zero-order chi connectivity index (χ0) is 19.9. The molecule has 0 aromatic heterocycles. The average molecular weight is 386 g/mol. The van der Waals surface area contributed by atoms with Crippen molar-refractivity contribution in [2.24, 2.45) is 28.6 Å². The average Bonchev–Trinajstić information content (AvgIpc) is 3.04. The summed E-state index contributed by atoms with van der Waals surface area (Å²) in [6.07, 6.45) is 13.5. The van der Waals surface area contributed by atoms with E-state index in [1.807, 2.05) is 0 Å². The number of fused-ring (bicyclic) bond motifs is 5. The van der Waals surface area contributed by atoms with Gasteiger partial charge in [0.15, 0.2) is 0 Å². The third-order valence-corrected chi connectivity index (χ3v) is 8.60. The van der Waals surface area contributed by atoms with E-state index in [4.69, 9.17) is 4.74 Å². The molecule has 2 fully saturated rings. The number of carbonyl (C=O) groups is 1. The van der Waals surface area contributed by atoms with Gasteiger partial charge in [0.2, 0.25) is 6.41 Å². The third-order valence-electron chi connectivity index (χ3n) is 8.60. The standard InChI is InChI=1S/C24H35NO3/c1-4-28-17-9-11-23(2)16(13-17)5-6-18-19-7-8-21(22(14-26)25-15-27)24(19,3)12-10-20(18)23/h5,13,15,18-20,26H,4,6-12,14H2,1-3H3,(H,25,27)/t18-,19-,20-,23-,24-/m0/s1. The number of rotatable bonds is 5. The smallest absolute Gasteiger partial charge is 0.211 e. The van der Waals surface area contributed by atoms with Crippen LogP contribution in [0.3, 0.4) is 0 Å². The zero-order valence-corrected chi connectivity index (χ0v) is 17.6. The lowest BCUT2D eigenvalue weighted by atomic mass is 9.48. The maximum absolute atomic E-state index is 11.0. The van der Waals surface area contributed by atoms with Gasteiger partial charge in [0.05, 0.1) is 19.0 Å². The minimum Gasteiger partial charge on any atom is -0.498 e. The van der Waals surface area contributed by atoms with Crippen molar-refractivity contribution < 1.29 is 14.6 Å². The highest BCUT2D eigenvalue weighted by atomic mass is 16.5. The van der Waals surface area contributed by atoms with E-state index in [0.717, 1.165) is 49.7 Å². The van der Waals surface area contributed by atoms with Gasteiger partial charge in [-0.1, -0.05) is 19.9 Å². The van der Waals surface area contributed by atoms with Gasteiger partial charge in [-0.2, -0.15) is 0 Å². The molecule has 4 rings (SSSR count). The quantitative estimate of drug-likeness (QED) is 0.687. The molecule has 4 heteroatoms. The number of nitrogens with one attached hydrogen (secondary N) is 1. The van der Waals surface area contributed by atoms with Crippen molar-refractivity contribution in [1.29, 1.82) is 0 Å². The Morgan fingerprint density at radius 3 is 2.75 bits per heavy atom. The van der Waals surface area contributed by atoms with Crippen molar-refractivity contribution in [2.45, 2.75) is 65.7 Å². The molecule has 0 aromatic rings. The summed E-state index contributed by atoms with van der Waals surface area (Å²) < 4.78 is 5.83. The maximum atomic E-state index is 11.0. The first kappa shape index (κ1) is 19.8. The molecule has 0 radical (unpaired) electrons. The predicted molar refractivity (Wildman–Crippen MR) is 110 cm³/mol. The van der Waals surface area contributed by atoms with Crippen LogP contribution in [0.1, 0.15) is 65.7 Å². The van der Waals surface area contributed by atoms with E-state index in [2.05, 4.69) is 38.2 Å². The van der Waals surface area contributed by atoms with Crippen LogP contribution in [-0.4, -0.2) is 24.7 Å². The van der Waals surface area contributed by atoms with E-state index in [1.165, 1.54) is 30.4 Å². The van der Waals surface area contributed by atoms with E-state index in [9.17, 15) is 9.90 Å². The number of ether oxygens (including phenoxy) is 1. The second-order valence-corrected chi connectivity index (χ2v) is 9.61. The number of aliphatic hydroxyl groups is 1. The van der Waals surface area contributed by atoms with Crippen LogP contribution in [0, 0.1) is 28.6 Å². The molecule has 0 bridgehead atoms. The predicted octanol–water partition coefficient (Wildman–Crippen LogP) is 4.47. The zero-order valence-electron chi connectivity index (χ0n) is 17.6. The van der Waals surface area contributed by atoms with Crippen LogP contribution in [0.25, 0.3) is 0 Å². The van der Waals surface area contributed by atoms with Crippen LogP contribution >= 0.6 is 0 Å². The number of allylic oxidation sites excluding steroid dienone is 5. The minimum absolute atomic E-state index is 0.0722. The highest BCUT2D eigenvalue weighted by molar-refractivity contribution is 5.51. The van der Waals surface area contributed by atoms with Crippen molar-refractivity contribution in [1.82, 2.24) is 5.32 Å². The summed E-state index contributed by atoms with van der Waals surface area (Å²) in [6.45, 7) is 7.61. The van der Waals surface area contributed by atoms with Gasteiger partial charge in [0.25, 0.3) is 0 Å². The number of hydrogen-bond acceptors (Lipinski definition) is 3. The highest BCUT2D eigenvalue weighted by Gasteiger charge is 2.57. The van der Waals surface area contributed by atoms with E-state index < -0.39 is 0 Å². The third kappa shape index (κ3) is 2.87. The first-order valence-corrected chi connectivity index (χ1v) is 11.1. The van der Waals surface area contributed by atoms with Crippen molar-refractivity contribution >= 4 is 6.41 Å². The van der Waals surface area contributed by atoms with Crippen LogP contribution in [0.5, 0.6) is 0 Å². The molecular formula is C24H35NO3. The van der Waals surface area contributed by atoms with Gasteiger partial charge in [-0.05, 0) is 91.3 Å². The van der Waals surface area contributed by atoms with Crippen molar-refractivity contribution in [3.05, 3.63) is 34.8 Å². The Morgan fingerprint density at radius 1 is 1.25 bits per heavy atom. The molecule has 0 heterocycles. The SMILES string of the molecule is CCOC1=CC2=CC[C@@H]3[C@H](CC[C@]4(C)C(=C(CO)NC=O)CC[C@@H]34)[C@@]2(C)CC1. The fraction of sp³-hybridized carbons (Fsp3) is 0.708. The van der Waals surface area contributed by atoms with Gasteiger partial charge in [-0.15, -0.1) is 0 Å². The Kier molecular flexibility index (Phi) is 5.20. The molecule has 5 atom stereocenters. The molecule has 2 saturated carbocycles. The first-order valence-electron chi connectivity index (χ1n) is 11.1. The molecule has 4 nitrogen and oxygen atoms in total. The Hall–Kier alpha value is -1.55. The molecule has 0 saturated heterocycles. The second-order valence-electron chi connectivity index (χ2n) is 9.61. The van der Waals surface area contributed by atoms with Crippen LogP contribution in [0.15, 0.2) is 34.8 Å². The van der Waals surface area contributed by atoms with E-state index >= 15 is 0 Å². The largest absolute Gasteiger partial charge is 0.498 e. The van der Waals surface area contributed by atoms with Gasteiger partial charge in [0.1, 0.15) is 0 Å². The van der Waals surface area contributed by atoms with Crippen LogP contribution in [0.4, 0.5) is 0 Å². The second kappa shape index (κ2) is 7.37. The summed E-state index contributed by atoms with van der Waals surface area (Å²) in [5, 5.41) is 12.6. The lowest BCUT2D eigenvalue weighted by Gasteiger charge is -2.56. The minimum atomic E-state index is -0.0722. The van der Waals surface area contributed by atoms with E-state index in [-0.39, 0.29) is 17.4 Å². The monoisotopic (exact) mass is 385 g/mol. The van der Waals surface area contributed by atoms with Crippen molar-refractivity contribution in [3.8, 4) is 0 Å². The number of aliphatic hydroxyl groups excluding tert-OH is 1. The van der Waals surface area contributed by atoms with Crippen LogP contribution in [-0.2, 0) is 9.53 Å². The number of hydrogen-bond donors (Lipinski definition) is 2. The van der Waals surface area contributed by atoms with Gasteiger partial charge in [-0.3, -0.25) is 4.79 Å². The summed E-state index contributed by atoms with van der Waals surface area (Å²) in [5.41, 5.74) is 3.92. The molecular weight excluding hydrogens is 350 g/mol. The summed E-state index contributed by atoms with van der Waals surface area (Å²) in [5.74, 6) is 3.22. The van der Waals surface area contributed by atoms with Crippen LogP contribution < -0.4 is 5.32 Å². The first-order chi connectivity index (χ1) is 13.5. The number of amides is 1. The lowest BCUT2D eigenvalue weighted by molar-refractivity contribution is -0.109. The summed E-state index contributed by atoms with van der Waals surface area (Å²) >= 11 is 0. The van der Waals surface area contributed by atoms with Gasteiger partial charge < -0.3 is 15.2 Å². The Labute approximate surface area is 169 Å². The molecule has 4 aliphatic carbocycles. The molecule has 0 aromatic carbocycles. The molecule has 0 aliphatic heterocycles. The van der Waals surface area contributed by atoms with Gasteiger partial charge in [0, 0.05) is 12.1 Å². The molecule has 4 aliphatic rings. The number of carbonyl (C=O) groups excluding carboxylic acids is 1. The Morgan fingerprint density at radius 2 is 2.04 bits per heavy atom. The normalized spacial score (nSPS) is 41.1. The lowest BCUT2D eigenvalue weighted by Crippen LogP contribution is -2.48. The Bertz CT molecular complexity index is 736. The summed E-state index contributed by atoms with van der Waals surface area (Å²) in [6, 6.07) is 0. The van der Waals surface area contributed by atoms with Crippen molar-refractivity contribution in [3.63, 3.8) is 0 Å². The van der Waals surface area contributed by atoms with Gasteiger partial charge in [-0.25, -0.2) is 0 Å². The van der Waals surface area contributed by atoms with Crippen molar-refractivity contribution in [2.75, 3.05) is 13.2 Å². The fourth-order valence-electron chi connectivity index (χ4n) is 7.21. The van der Waals surface area contributed by atoms with E-state index in [0.29, 0.717) is 18.2 Å². The highest BCUT2D eigenvalue weighted by Crippen LogP contribution is 2.66.